The normalized spacial score (nSPS) is 15.4. The van der Waals surface area contributed by atoms with E-state index in [-0.39, 0.29) is 5.54 Å². The van der Waals surface area contributed by atoms with E-state index in [2.05, 4.69) is 10.3 Å². The second-order valence-corrected chi connectivity index (χ2v) is 3.88. The number of ether oxygens (including phenoxy) is 1. The summed E-state index contributed by atoms with van der Waals surface area (Å²) < 4.78 is 7.10. The van der Waals surface area contributed by atoms with E-state index in [1.165, 1.54) is 0 Å². The summed E-state index contributed by atoms with van der Waals surface area (Å²) in [5.41, 5.74) is 6.50. The van der Waals surface area contributed by atoms with Gasteiger partial charge in [0.05, 0.1) is 19.4 Å². The standard InChI is InChI=1S/C9H18N4O/c1-4-9(2,10)7-14-6-8-5-13(3)12-11-8/h5H,4,6-7,10H2,1-3H3. The number of nitrogens with two attached hydrogens (primary N) is 1. The summed E-state index contributed by atoms with van der Waals surface area (Å²) in [5.74, 6) is 0. The van der Waals surface area contributed by atoms with Crippen molar-refractivity contribution in [1.29, 1.82) is 0 Å². The molecule has 2 N–H and O–H groups in total. The zero-order chi connectivity index (χ0) is 10.6. The molecular weight excluding hydrogens is 180 g/mol. The Bertz CT molecular complexity index is 282. The quantitative estimate of drug-likeness (QED) is 0.746. The Hall–Kier alpha value is -0.940. The minimum Gasteiger partial charge on any atom is -0.373 e. The van der Waals surface area contributed by atoms with Crippen molar-refractivity contribution >= 4 is 0 Å². The molecule has 0 saturated carbocycles. The minimum absolute atomic E-state index is 0.248. The Morgan fingerprint density at radius 3 is 2.86 bits per heavy atom. The summed E-state index contributed by atoms with van der Waals surface area (Å²) in [6.07, 6.45) is 2.73. The minimum atomic E-state index is -0.248. The first-order chi connectivity index (χ1) is 6.53. The second-order valence-electron chi connectivity index (χ2n) is 3.88. The van der Waals surface area contributed by atoms with Gasteiger partial charge in [0.25, 0.3) is 0 Å². The van der Waals surface area contributed by atoms with Crippen molar-refractivity contribution in [2.45, 2.75) is 32.4 Å². The first kappa shape index (κ1) is 11.1. The average Bonchev–Trinajstić information content (AvgIpc) is 2.51. The molecule has 5 heteroatoms. The van der Waals surface area contributed by atoms with Crippen molar-refractivity contribution in [1.82, 2.24) is 15.0 Å². The van der Waals surface area contributed by atoms with Crippen molar-refractivity contribution in [3.63, 3.8) is 0 Å². The maximum Gasteiger partial charge on any atom is 0.108 e. The fourth-order valence-electron chi connectivity index (χ4n) is 0.952. The van der Waals surface area contributed by atoms with Crippen LogP contribution in [0.15, 0.2) is 6.20 Å². The molecular formula is C9H18N4O. The smallest absolute Gasteiger partial charge is 0.108 e. The molecule has 0 aliphatic carbocycles. The zero-order valence-corrected chi connectivity index (χ0v) is 9.03. The van der Waals surface area contributed by atoms with Crippen LogP contribution in [0.4, 0.5) is 0 Å². The Balaban J connectivity index is 2.28. The fraction of sp³-hybridized carbons (Fsp3) is 0.778. The van der Waals surface area contributed by atoms with Crippen LogP contribution in [0.3, 0.4) is 0 Å². The SMILES string of the molecule is CCC(C)(N)COCc1cn(C)nn1. The molecule has 1 atom stereocenters. The van der Waals surface area contributed by atoms with Crippen LogP contribution in [0.2, 0.25) is 0 Å². The fourth-order valence-corrected chi connectivity index (χ4v) is 0.952. The molecule has 1 aromatic heterocycles. The van der Waals surface area contributed by atoms with Crippen LogP contribution >= 0.6 is 0 Å². The van der Waals surface area contributed by atoms with Gasteiger partial charge in [-0.1, -0.05) is 12.1 Å². The van der Waals surface area contributed by atoms with Gasteiger partial charge in [0.15, 0.2) is 0 Å². The molecule has 0 fully saturated rings. The van der Waals surface area contributed by atoms with E-state index in [0.717, 1.165) is 12.1 Å². The van der Waals surface area contributed by atoms with Crippen LogP contribution in [0.5, 0.6) is 0 Å². The molecule has 0 bridgehead atoms. The highest BCUT2D eigenvalue weighted by Crippen LogP contribution is 2.06. The molecule has 0 amide bonds. The van der Waals surface area contributed by atoms with Crippen molar-refractivity contribution < 1.29 is 4.74 Å². The van der Waals surface area contributed by atoms with E-state index in [1.807, 2.05) is 27.1 Å². The first-order valence-electron chi connectivity index (χ1n) is 4.75. The van der Waals surface area contributed by atoms with E-state index >= 15 is 0 Å². The van der Waals surface area contributed by atoms with Crippen LogP contribution in [0, 0.1) is 0 Å². The molecule has 80 valence electrons. The van der Waals surface area contributed by atoms with Gasteiger partial charge >= 0.3 is 0 Å². The molecule has 1 heterocycles. The molecule has 1 unspecified atom stereocenters. The number of hydrogen-bond acceptors (Lipinski definition) is 4. The molecule has 0 spiro atoms. The molecule has 14 heavy (non-hydrogen) atoms. The molecule has 5 nitrogen and oxygen atoms in total. The van der Waals surface area contributed by atoms with Gasteiger partial charge in [-0.3, -0.25) is 4.68 Å². The van der Waals surface area contributed by atoms with E-state index in [0.29, 0.717) is 13.2 Å². The van der Waals surface area contributed by atoms with Crippen LogP contribution in [-0.2, 0) is 18.4 Å². The Labute approximate surface area is 84.2 Å². The monoisotopic (exact) mass is 198 g/mol. The van der Waals surface area contributed by atoms with E-state index in [1.54, 1.807) is 4.68 Å². The van der Waals surface area contributed by atoms with Gasteiger partial charge in [0.1, 0.15) is 5.69 Å². The highest BCUT2D eigenvalue weighted by atomic mass is 16.5. The summed E-state index contributed by atoms with van der Waals surface area (Å²) in [7, 11) is 1.83. The highest BCUT2D eigenvalue weighted by Gasteiger charge is 2.15. The third-order valence-corrected chi connectivity index (χ3v) is 2.14. The largest absolute Gasteiger partial charge is 0.373 e. The molecule has 0 aliphatic heterocycles. The van der Waals surface area contributed by atoms with Crippen LogP contribution < -0.4 is 5.73 Å². The molecule has 1 rings (SSSR count). The van der Waals surface area contributed by atoms with Crippen LogP contribution in [0.25, 0.3) is 0 Å². The van der Waals surface area contributed by atoms with Gasteiger partial charge < -0.3 is 10.5 Å². The van der Waals surface area contributed by atoms with Gasteiger partial charge in [-0.15, -0.1) is 5.10 Å². The summed E-state index contributed by atoms with van der Waals surface area (Å²) in [5, 5.41) is 7.72. The summed E-state index contributed by atoms with van der Waals surface area (Å²) >= 11 is 0. The predicted octanol–water partition coefficient (Wildman–Crippen LogP) is 0.459. The summed E-state index contributed by atoms with van der Waals surface area (Å²) in [6.45, 7) is 5.04. The lowest BCUT2D eigenvalue weighted by Gasteiger charge is -2.21. The van der Waals surface area contributed by atoms with Gasteiger partial charge in [0, 0.05) is 12.6 Å². The lowest BCUT2D eigenvalue weighted by molar-refractivity contribution is 0.0757. The number of rotatable bonds is 5. The van der Waals surface area contributed by atoms with Crippen LogP contribution in [-0.4, -0.2) is 27.1 Å². The Morgan fingerprint density at radius 2 is 2.36 bits per heavy atom. The maximum absolute atomic E-state index is 5.92. The molecule has 0 saturated heterocycles. The number of nitrogens with zero attached hydrogens (tertiary/aromatic N) is 3. The number of aromatic nitrogens is 3. The van der Waals surface area contributed by atoms with Crippen molar-refractivity contribution in [2.75, 3.05) is 6.61 Å². The lowest BCUT2D eigenvalue weighted by atomic mass is 10.0. The summed E-state index contributed by atoms with van der Waals surface area (Å²) in [4.78, 5) is 0. The van der Waals surface area contributed by atoms with Crippen molar-refractivity contribution in [3.05, 3.63) is 11.9 Å². The van der Waals surface area contributed by atoms with E-state index in [9.17, 15) is 0 Å². The molecule has 0 aliphatic rings. The second kappa shape index (κ2) is 4.52. The maximum atomic E-state index is 5.92. The van der Waals surface area contributed by atoms with Gasteiger partial charge in [-0.2, -0.15) is 0 Å². The van der Waals surface area contributed by atoms with Gasteiger partial charge in [-0.25, -0.2) is 0 Å². The predicted molar refractivity (Wildman–Crippen MR) is 53.5 cm³/mol. The number of aryl methyl sites for hydroxylation is 1. The first-order valence-corrected chi connectivity index (χ1v) is 4.75. The Kier molecular flexibility index (Phi) is 3.60. The zero-order valence-electron chi connectivity index (χ0n) is 9.03. The van der Waals surface area contributed by atoms with E-state index < -0.39 is 0 Å². The van der Waals surface area contributed by atoms with Crippen molar-refractivity contribution in [2.24, 2.45) is 12.8 Å². The summed E-state index contributed by atoms with van der Waals surface area (Å²) in [6, 6.07) is 0. The van der Waals surface area contributed by atoms with Gasteiger partial charge in [0.2, 0.25) is 0 Å². The van der Waals surface area contributed by atoms with Crippen LogP contribution in [0.1, 0.15) is 26.0 Å². The number of hydrogen-bond donors (Lipinski definition) is 1. The topological polar surface area (TPSA) is 66.0 Å². The van der Waals surface area contributed by atoms with E-state index in [4.69, 9.17) is 10.5 Å². The Morgan fingerprint density at radius 1 is 1.64 bits per heavy atom. The molecule has 0 radical (unpaired) electrons. The lowest BCUT2D eigenvalue weighted by Crippen LogP contribution is -2.40. The average molecular weight is 198 g/mol. The molecule has 1 aromatic rings. The van der Waals surface area contributed by atoms with Gasteiger partial charge in [-0.05, 0) is 13.3 Å². The van der Waals surface area contributed by atoms with Crippen molar-refractivity contribution in [3.8, 4) is 0 Å². The highest BCUT2D eigenvalue weighted by molar-refractivity contribution is 4.89. The molecule has 0 aromatic carbocycles. The third-order valence-electron chi connectivity index (χ3n) is 2.14. The third kappa shape index (κ3) is 3.43.